The highest BCUT2D eigenvalue weighted by molar-refractivity contribution is 5.74. The fraction of sp³-hybridized carbons (Fsp3) is 0.425. The average molecular weight is 1170 g/mol. The molecule has 0 aliphatic heterocycles. The number of aliphatic hydroxyl groups excluding tert-OH is 2. The molecular formula is C73H92N6O7. The average Bonchev–Trinajstić information content (AvgIpc) is 1.25. The third kappa shape index (κ3) is 19.0. The highest BCUT2D eigenvalue weighted by atomic mass is 16.5. The largest absolute Gasteiger partial charge is 0.507 e. The first kappa shape index (κ1) is 66.0. The number of hydrogen-bond acceptors (Lipinski definition) is 13. The number of aromatic hydroxyl groups is 2. The van der Waals surface area contributed by atoms with Crippen LogP contribution in [0.3, 0.4) is 0 Å². The van der Waals surface area contributed by atoms with Crippen LogP contribution >= 0.6 is 0 Å². The predicted molar refractivity (Wildman–Crippen MR) is 348 cm³/mol. The molecule has 0 radical (unpaired) electrons. The molecule has 13 heteroatoms. The summed E-state index contributed by atoms with van der Waals surface area (Å²) in [6.45, 7) is 24.0. The second kappa shape index (κ2) is 32.8. The molecular weight excluding hydrogens is 1070 g/mol. The number of unbranched alkanes of at least 4 members (excludes halogenated alkanes) is 9. The Morgan fingerprint density at radius 3 is 1.05 bits per heavy atom. The van der Waals surface area contributed by atoms with E-state index in [1.165, 1.54) is 68.6 Å². The normalized spacial score (nSPS) is 12.3. The van der Waals surface area contributed by atoms with Crippen molar-refractivity contribution in [2.75, 3.05) is 26.4 Å². The van der Waals surface area contributed by atoms with Crippen LogP contribution in [0.25, 0.3) is 68.3 Å². The number of aromatic nitrogens is 6. The fourth-order valence-electron chi connectivity index (χ4n) is 10.8. The summed E-state index contributed by atoms with van der Waals surface area (Å²) in [4.78, 5) is 28.9. The highest BCUT2D eigenvalue weighted by Gasteiger charge is 2.22. The van der Waals surface area contributed by atoms with E-state index in [1.807, 2.05) is 76.2 Å². The molecule has 86 heavy (non-hydrogen) atoms. The maximum atomic E-state index is 11.1. The van der Waals surface area contributed by atoms with Gasteiger partial charge in [-0.15, -0.1) is 0 Å². The third-order valence-electron chi connectivity index (χ3n) is 15.7. The van der Waals surface area contributed by atoms with Gasteiger partial charge in [-0.05, 0) is 121 Å². The Kier molecular flexibility index (Phi) is 25.1. The first-order valence-electron chi connectivity index (χ1n) is 31.1. The van der Waals surface area contributed by atoms with Gasteiger partial charge in [0.1, 0.15) is 42.3 Å². The van der Waals surface area contributed by atoms with E-state index in [1.54, 1.807) is 30.3 Å². The number of rotatable bonds is 29. The first-order valence-corrected chi connectivity index (χ1v) is 31.1. The molecule has 0 amide bonds. The van der Waals surface area contributed by atoms with Crippen molar-refractivity contribution in [3.63, 3.8) is 0 Å². The molecule has 8 rings (SSSR count). The molecule has 2 aromatic heterocycles. The van der Waals surface area contributed by atoms with Crippen molar-refractivity contribution in [1.82, 2.24) is 29.9 Å². The maximum absolute atomic E-state index is 11.1. The van der Waals surface area contributed by atoms with E-state index in [0.29, 0.717) is 64.2 Å². The lowest BCUT2D eigenvalue weighted by Gasteiger charge is -2.21. The quantitative estimate of drug-likeness (QED) is 0.0325. The zero-order valence-electron chi connectivity index (χ0n) is 52.8. The van der Waals surface area contributed by atoms with Crippen LogP contribution in [0, 0.1) is 61.3 Å². The molecule has 0 fully saturated rings. The summed E-state index contributed by atoms with van der Waals surface area (Å²) in [6.07, 6.45) is 14.3. The van der Waals surface area contributed by atoms with Gasteiger partial charge in [-0.2, -0.15) is 0 Å². The minimum atomic E-state index is -0.760. The Hall–Kier alpha value is -7.58. The van der Waals surface area contributed by atoms with Gasteiger partial charge in [0.05, 0.1) is 23.8 Å². The lowest BCUT2D eigenvalue weighted by molar-refractivity contribution is 0.0109. The molecule has 3 unspecified atom stereocenters. The Balaban J connectivity index is 0.000000250. The molecule has 8 aromatic rings. The fourth-order valence-corrected chi connectivity index (χ4v) is 10.8. The molecule has 4 N–H and O–H groups in total. The highest BCUT2D eigenvalue weighted by Crippen LogP contribution is 2.37. The Labute approximate surface area is 511 Å². The van der Waals surface area contributed by atoms with E-state index < -0.39 is 12.2 Å². The van der Waals surface area contributed by atoms with Crippen molar-refractivity contribution in [3.05, 3.63) is 154 Å². The van der Waals surface area contributed by atoms with E-state index in [0.717, 1.165) is 87.7 Å². The van der Waals surface area contributed by atoms with E-state index in [9.17, 15) is 20.4 Å². The second-order valence-corrected chi connectivity index (χ2v) is 23.3. The van der Waals surface area contributed by atoms with Gasteiger partial charge in [0.25, 0.3) is 0 Å². The van der Waals surface area contributed by atoms with Gasteiger partial charge in [0.2, 0.25) is 0 Å². The van der Waals surface area contributed by atoms with E-state index in [2.05, 4.69) is 72.7 Å². The third-order valence-corrected chi connectivity index (χ3v) is 15.7. The number of ether oxygens (including phenoxy) is 3. The van der Waals surface area contributed by atoms with Crippen LogP contribution in [-0.4, -0.2) is 89.0 Å². The zero-order chi connectivity index (χ0) is 61.7. The van der Waals surface area contributed by atoms with Gasteiger partial charge in [-0.3, -0.25) is 0 Å². The molecule has 13 nitrogen and oxygen atoms in total. The summed E-state index contributed by atoms with van der Waals surface area (Å²) in [6, 6.07) is 34.8. The number of phenolic OH excluding ortho intramolecular Hbond substituents is 2. The number of aryl methyl sites for hydroxylation is 8. The Morgan fingerprint density at radius 2 is 0.709 bits per heavy atom. The van der Waals surface area contributed by atoms with Gasteiger partial charge in [0.15, 0.2) is 34.9 Å². The van der Waals surface area contributed by atoms with Gasteiger partial charge in [-0.25, -0.2) is 29.9 Å². The molecule has 0 bridgehead atoms. The predicted octanol–water partition coefficient (Wildman–Crippen LogP) is 16.9. The van der Waals surface area contributed by atoms with Gasteiger partial charge < -0.3 is 34.6 Å². The first-order chi connectivity index (χ1) is 41.4. The second-order valence-electron chi connectivity index (χ2n) is 23.3. The van der Waals surface area contributed by atoms with Crippen molar-refractivity contribution in [1.29, 1.82) is 0 Å². The molecule has 2 heterocycles. The van der Waals surface area contributed by atoms with Crippen LogP contribution in [0.2, 0.25) is 0 Å². The monoisotopic (exact) mass is 1160 g/mol. The SMILES string of the molecule is CCCC(CC)C(O)COc1ccc(-c2nc(-c3ccc(C)cc3C)nc(-c3ccc(C)cc3C)n2)c(O)c1.CCCCCCCCCCCCOCC(O)COc1ccc(-c2nc(-c3ccc(C)cc3C)nc(-c3ccc(C)cc3C)n2)c(O)c1. The molecule has 0 aliphatic rings. The molecule has 0 spiro atoms. The summed E-state index contributed by atoms with van der Waals surface area (Å²) in [5, 5.41) is 43.0. The topological polar surface area (TPSA) is 186 Å². The van der Waals surface area contributed by atoms with Gasteiger partial charge in [-0.1, -0.05) is 186 Å². The minimum absolute atomic E-state index is 0.00643. The summed E-state index contributed by atoms with van der Waals surface area (Å²) in [5.41, 5.74) is 13.5. The molecule has 0 aliphatic carbocycles. The summed E-state index contributed by atoms with van der Waals surface area (Å²) in [5.74, 6) is 4.06. The molecule has 456 valence electrons. The lowest BCUT2D eigenvalue weighted by Crippen LogP contribution is -2.26. The standard InChI is InChI=1S/C40H53N3O4.C33H39N3O3/c1-6-7-8-9-10-11-12-13-14-15-22-46-26-32(44)27-47-33-18-21-36(37(45)25-33)40-42-38(34-19-16-28(2)23-30(34)4)41-39(43-40)35-20-17-29(3)24-31(35)5;1-7-9-24(8-2)30(38)19-39-25-12-15-28(29(37)18-25)33-35-31(26-13-10-20(3)16-22(26)5)34-32(36-33)27-14-11-21(4)17-23(27)6/h16-21,23-25,32,44-45H,6-15,22,26-27H2,1-5H3;10-18,24,30,37-38H,7-9,19H2,1-6H3. The van der Waals surface area contributed by atoms with Gasteiger partial charge in [0, 0.05) is 41.0 Å². The van der Waals surface area contributed by atoms with Crippen LogP contribution in [0.5, 0.6) is 23.0 Å². The smallest absolute Gasteiger partial charge is 0.167 e. The zero-order valence-corrected chi connectivity index (χ0v) is 52.8. The molecule has 6 aromatic carbocycles. The summed E-state index contributed by atoms with van der Waals surface area (Å²) < 4.78 is 17.3. The maximum Gasteiger partial charge on any atom is 0.167 e. The summed E-state index contributed by atoms with van der Waals surface area (Å²) in [7, 11) is 0. The van der Waals surface area contributed by atoms with Crippen LogP contribution in [-0.2, 0) is 4.74 Å². The van der Waals surface area contributed by atoms with Crippen molar-refractivity contribution >= 4 is 0 Å². The van der Waals surface area contributed by atoms with E-state index in [4.69, 9.17) is 44.1 Å². The number of phenols is 2. The number of benzene rings is 6. The van der Waals surface area contributed by atoms with E-state index >= 15 is 0 Å². The van der Waals surface area contributed by atoms with Crippen molar-refractivity contribution in [2.24, 2.45) is 5.92 Å². The van der Waals surface area contributed by atoms with Crippen LogP contribution < -0.4 is 9.47 Å². The van der Waals surface area contributed by atoms with E-state index in [-0.39, 0.29) is 37.2 Å². The Bertz CT molecular complexity index is 3340. The molecule has 0 saturated heterocycles. The number of hydrogen-bond donors (Lipinski definition) is 4. The summed E-state index contributed by atoms with van der Waals surface area (Å²) >= 11 is 0. The lowest BCUT2D eigenvalue weighted by atomic mass is 9.95. The molecule has 0 saturated carbocycles. The van der Waals surface area contributed by atoms with Crippen molar-refractivity contribution in [3.8, 4) is 91.3 Å². The Morgan fingerprint density at radius 1 is 0.372 bits per heavy atom. The number of aliphatic hydroxyl groups is 2. The molecule has 3 atom stereocenters. The number of nitrogens with zero attached hydrogens (tertiary/aromatic N) is 6. The van der Waals surface area contributed by atoms with Crippen LogP contribution in [0.1, 0.15) is 149 Å². The minimum Gasteiger partial charge on any atom is -0.507 e. The van der Waals surface area contributed by atoms with Crippen molar-refractivity contribution < 1.29 is 34.6 Å². The van der Waals surface area contributed by atoms with Gasteiger partial charge >= 0.3 is 0 Å². The van der Waals surface area contributed by atoms with Crippen LogP contribution in [0.4, 0.5) is 0 Å². The van der Waals surface area contributed by atoms with Crippen molar-refractivity contribution in [2.45, 2.75) is 172 Å². The van der Waals surface area contributed by atoms with Crippen LogP contribution in [0.15, 0.2) is 109 Å².